The van der Waals surface area contributed by atoms with Gasteiger partial charge in [0.1, 0.15) is 23.5 Å². The van der Waals surface area contributed by atoms with Crippen LogP contribution in [0.2, 0.25) is 0 Å². The molecular formula is C22H24FN7O3. The molecule has 2 atom stereocenters. The van der Waals surface area contributed by atoms with Gasteiger partial charge in [-0.15, -0.1) is 0 Å². The molecule has 1 saturated heterocycles. The summed E-state index contributed by atoms with van der Waals surface area (Å²) in [7, 11) is 1.47. The molecule has 2 fully saturated rings. The number of hydrogen-bond donors (Lipinski definition) is 2. The van der Waals surface area contributed by atoms with E-state index in [1.54, 1.807) is 30.7 Å². The number of hydrogen-bond acceptors (Lipinski definition) is 7. The van der Waals surface area contributed by atoms with E-state index >= 15 is 0 Å². The first-order valence-electron chi connectivity index (χ1n) is 10.9. The summed E-state index contributed by atoms with van der Waals surface area (Å²) in [5.74, 6) is -0.395. The van der Waals surface area contributed by atoms with Crippen LogP contribution in [0.4, 0.5) is 10.2 Å². The molecule has 33 heavy (non-hydrogen) atoms. The number of ether oxygens (including phenoxy) is 1. The van der Waals surface area contributed by atoms with Gasteiger partial charge in [0.2, 0.25) is 11.8 Å². The number of aromatic nitrogens is 5. The van der Waals surface area contributed by atoms with E-state index in [9.17, 15) is 14.0 Å². The number of pyridine rings is 1. The second-order valence-corrected chi connectivity index (χ2v) is 8.54. The average Bonchev–Trinajstić information content (AvgIpc) is 3.58. The molecule has 172 valence electrons. The van der Waals surface area contributed by atoms with E-state index < -0.39 is 23.5 Å². The molecule has 0 radical (unpaired) electrons. The first-order valence-corrected chi connectivity index (χ1v) is 10.9. The van der Waals surface area contributed by atoms with Crippen molar-refractivity contribution >= 4 is 28.7 Å². The standard InChI is InChI=1S/C22H24FN7O3/c1-33-21-24-9-13(10-25-21)22(6-2-3-7-22)20(32)30-12-14(23)8-17(30)19(31)28-18-5-4-15-16(27-18)11-26-29-15/h4-5,9-11,14,17H,2-3,6-8,12H2,1H3,(H,26,29)(H,27,28,31)/t14-,17-/m1/s1. The number of H-pyrrole nitrogens is 1. The number of aromatic amines is 1. The van der Waals surface area contributed by atoms with Gasteiger partial charge in [-0.25, -0.2) is 19.3 Å². The van der Waals surface area contributed by atoms with Gasteiger partial charge in [0, 0.05) is 24.4 Å². The smallest absolute Gasteiger partial charge is 0.316 e. The van der Waals surface area contributed by atoms with Crippen LogP contribution in [-0.2, 0) is 15.0 Å². The summed E-state index contributed by atoms with van der Waals surface area (Å²) in [6, 6.07) is 2.67. The monoisotopic (exact) mass is 453 g/mol. The van der Waals surface area contributed by atoms with Gasteiger partial charge >= 0.3 is 6.01 Å². The molecule has 2 aliphatic rings. The predicted octanol–water partition coefficient (Wildman–Crippen LogP) is 2.15. The topological polar surface area (TPSA) is 126 Å². The zero-order valence-electron chi connectivity index (χ0n) is 18.1. The molecule has 0 aromatic carbocycles. The Labute approximate surface area is 189 Å². The lowest BCUT2D eigenvalue weighted by atomic mass is 9.78. The number of methoxy groups -OCH3 is 1. The highest BCUT2D eigenvalue weighted by molar-refractivity contribution is 5.99. The number of fused-ring (bicyclic) bond motifs is 1. The number of carbonyl (C=O) groups excluding carboxylic acids is 2. The minimum atomic E-state index is -1.28. The van der Waals surface area contributed by atoms with E-state index in [0.29, 0.717) is 29.7 Å². The number of carbonyl (C=O) groups is 2. The highest BCUT2D eigenvalue weighted by atomic mass is 19.1. The van der Waals surface area contributed by atoms with Crippen molar-refractivity contribution in [2.75, 3.05) is 19.0 Å². The summed E-state index contributed by atoms with van der Waals surface area (Å²) < 4.78 is 19.6. The fraction of sp³-hybridized carbons (Fsp3) is 0.455. The normalized spacial score (nSPS) is 21.9. The summed E-state index contributed by atoms with van der Waals surface area (Å²) in [5.41, 5.74) is 1.13. The van der Waals surface area contributed by atoms with E-state index in [4.69, 9.17) is 4.74 Å². The molecule has 3 aromatic heterocycles. The predicted molar refractivity (Wildman–Crippen MR) is 116 cm³/mol. The molecule has 0 spiro atoms. The van der Waals surface area contributed by atoms with E-state index in [0.717, 1.165) is 18.4 Å². The van der Waals surface area contributed by atoms with Crippen LogP contribution in [0.3, 0.4) is 0 Å². The highest BCUT2D eigenvalue weighted by Gasteiger charge is 2.50. The summed E-state index contributed by atoms with van der Waals surface area (Å²) in [5, 5.41) is 9.45. The lowest BCUT2D eigenvalue weighted by molar-refractivity contribution is -0.141. The van der Waals surface area contributed by atoms with Crippen molar-refractivity contribution in [1.82, 2.24) is 30.0 Å². The molecule has 10 nitrogen and oxygen atoms in total. The maximum Gasteiger partial charge on any atom is 0.316 e. The van der Waals surface area contributed by atoms with Gasteiger partial charge in [0.05, 0.1) is 30.8 Å². The Kier molecular flexibility index (Phi) is 5.39. The zero-order chi connectivity index (χ0) is 23.0. The largest absolute Gasteiger partial charge is 0.467 e. The Morgan fingerprint density at radius 2 is 1.97 bits per heavy atom. The lowest BCUT2D eigenvalue weighted by Gasteiger charge is -2.34. The van der Waals surface area contributed by atoms with Crippen LogP contribution in [0.25, 0.3) is 11.0 Å². The Bertz CT molecular complexity index is 1180. The van der Waals surface area contributed by atoms with Crippen molar-refractivity contribution in [2.24, 2.45) is 0 Å². The molecule has 2 amide bonds. The first kappa shape index (κ1) is 21.2. The maximum absolute atomic E-state index is 14.5. The molecule has 4 heterocycles. The number of rotatable bonds is 5. The van der Waals surface area contributed by atoms with Crippen molar-refractivity contribution in [3.05, 3.63) is 36.3 Å². The maximum atomic E-state index is 14.5. The number of halogens is 1. The molecule has 11 heteroatoms. The number of nitrogens with zero attached hydrogens (tertiary/aromatic N) is 5. The molecule has 1 saturated carbocycles. The van der Waals surface area contributed by atoms with Crippen LogP contribution in [0, 0.1) is 0 Å². The van der Waals surface area contributed by atoms with Crippen LogP contribution in [0.15, 0.2) is 30.7 Å². The third kappa shape index (κ3) is 3.77. The number of alkyl halides is 1. The lowest BCUT2D eigenvalue weighted by Crippen LogP contribution is -2.51. The van der Waals surface area contributed by atoms with E-state index in [1.807, 2.05) is 0 Å². The van der Waals surface area contributed by atoms with Crippen molar-refractivity contribution in [1.29, 1.82) is 0 Å². The van der Waals surface area contributed by atoms with Gasteiger partial charge in [-0.2, -0.15) is 5.10 Å². The Morgan fingerprint density at radius 1 is 1.21 bits per heavy atom. The number of anilines is 1. The van der Waals surface area contributed by atoms with Gasteiger partial charge in [-0.05, 0) is 25.0 Å². The number of nitrogens with one attached hydrogen (secondary N) is 2. The van der Waals surface area contributed by atoms with Gasteiger partial charge in [0.15, 0.2) is 0 Å². The van der Waals surface area contributed by atoms with Crippen molar-refractivity contribution in [3.8, 4) is 6.01 Å². The van der Waals surface area contributed by atoms with E-state index in [1.165, 1.54) is 12.0 Å². The number of likely N-dealkylation sites (tertiary alicyclic amines) is 1. The van der Waals surface area contributed by atoms with Gasteiger partial charge in [-0.1, -0.05) is 12.8 Å². The average molecular weight is 453 g/mol. The second-order valence-electron chi connectivity index (χ2n) is 8.54. The van der Waals surface area contributed by atoms with E-state index in [-0.39, 0.29) is 24.9 Å². The van der Waals surface area contributed by atoms with Gasteiger partial charge in [-0.3, -0.25) is 14.7 Å². The quantitative estimate of drug-likeness (QED) is 0.606. The third-order valence-corrected chi connectivity index (χ3v) is 6.59. The summed E-state index contributed by atoms with van der Waals surface area (Å²) >= 11 is 0. The van der Waals surface area contributed by atoms with Crippen molar-refractivity contribution in [2.45, 2.75) is 49.7 Å². The molecule has 1 aliphatic carbocycles. The second kappa shape index (κ2) is 8.38. The van der Waals surface area contributed by atoms with Crippen LogP contribution in [-0.4, -0.2) is 67.7 Å². The molecule has 2 N–H and O–H groups in total. The molecule has 5 rings (SSSR count). The molecular weight excluding hydrogens is 429 g/mol. The van der Waals surface area contributed by atoms with Gasteiger partial charge < -0.3 is 15.0 Å². The summed E-state index contributed by atoms with van der Waals surface area (Å²) in [6.45, 7) is -0.121. The van der Waals surface area contributed by atoms with Crippen molar-refractivity contribution < 1.29 is 18.7 Å². The summed E-state index contributed by atoms with van der Waals surface area (Å²) in [6.07, 6.45) is 6.32. The van der Waals surface area contributed by atoms with Crippen LogP contribution < -0.4 is 10.1 Å². The van der Waals surface area contributed by atoms with Crippen LogP contribution in [0.5, 0.6) is 6.01 Å². The minimum Gasteiger partial charge on any atom is -0.467 e. The van der Waals surface area contributed by atoms with Crippen LogP contribution >= 0.6 is 0 Å². The van der Waals surface area contributed by atoms with Crippen LogP contribution in [0.1, 0.15) is 37.7 Å². The Balaban J connectivity index is 1.40. The summed E-state index contributed by atoms with van der Waals surface area (Å²) in [4.78, 5) is 41.0. The van der Waals surface area contributed by atoms with E-state index in [2.05, 4.69) is 30.5 Å². The fourth-order valence-corrected chi connectivity index (χ4v) is 4.92. The fourth-order valence-electron chi connectivity index (χ4n) is 4.92. The molecule has 3 aromatic rings. The third-order valence-electron chi connectivity index (χ3n) is 6.59. The Morgan fingerprint density at radius 3 is 2.70 bits per heavy atom. The molecule has 0 bridgehead atoms. The number of amides is 2. The first-order chi connectivity index (χ1) is 16.0. The molecule has 0 unspecified atom stereocenters. The zero-order valence-corrected chi connectivity index (χ0v) is 18.1. The minimum absolute atomic E-state index is 0.0548. The highest BCUT2D eigenvalue weighted by Crippen LogP contribution is 2.44. The molecule has 1 aliphatic heterocycles. The van der Waals surface area contributed by atoms with Gasteiger partial charge in [0.25, 0.3) is 0 Å². The Hall–Kier alpha value is -3.63. The van der Waals surface area contributed by atoms with Crippen molar-refractivity contribution in [3.63, 3.8) is 0 Å². The SMILES string of the molecule is COc1ncc(C2(C(=O)N3C[C@H](F)C[C@@H]3C(=O)Nc3ccc4[nH]ncc4n3)CCCC2)cn1.